The van der Waals surface area contributed by atoms with Gasteiger partial charge in [-0.05, 0) is 51.5 Å². The molecule has 0 aliphatic carbocycles. The lowest BCUT2D eigenvalue weighted by Crippen LogP contribution is -2.32. The van der Waals surface area contributed by atoms with Crippen LogP contribution in [0.5, 0.6) is 0 Å². The number of hydrogen-bond acceptors (Lipinski definition) is 8. The molecule has 0 atom stereocenters. The number of rotatable bonds is 6. The van der Waals surface area contributed by atoms with Crippen LogP contribution in [0.15, 0.2) is 62.7 Å². The number of sulfone groups is 2. The second-order valence-corrected chi connectivity index (χ2v) is 14.0. The minimum Gasteiger partial charge on any atom is -0.444 e. The first kappa shape index (κ1) is 25.9. The Morgan fingerprint density at radius 3 is 2.29 bits per heavy atom. The predicted octanol–water partition coefficient (Wildman–Crippen LogP) is 4.38. The largest absolute Gasteiger partial charge is 0.444 e. The van der Waals surface area contributed by atoms with E-state index in [1.54, 1.807) is 32.9 Å². The van der Waals surface area contributed by atoms with Crippen LogP contribution in [0.1, 0.15) is 31.3 Å². The smallest absolute Gasteiger partial charge is 0.408 e. The van der Waals surface area contributed by atoms with Gasteiger partial charge in [-0.3, -0.25) is 0 Å². The summed E-state index contributed by atoms with van der Waals surface area (Å²) in [5.41, 5.74) is 1.23. The van der Waals surface area contributed by atoms with Crippen molar-refractivity contribution in [3.63, 3.8) is 0 Å². The van der Waals surface area contributed by atoms with Crippen molar-refractivity contribution in [2.75, 3.05) is 6.26 Å². The molecule has 0 fully saturated rings. The maximum absolute atomic E-state index is 13.3. The minimum absolute atomic E-state index is 0.0106. The molecule has 1 N–H and O–H groups in total. The van der Waals surface area contributed by atoms with Gasteiger partial charge in [0.2, 0.25) is 9.84 Å². The summed E-state index contributed by atoms with van der Waals surface area (Å²) in [7, 11) is -7.57. The number of benzene rings is 2. The third kappa shape index (κ3) is 6.22. The Hall–Kier alpha value is -2.76. The number of alkyl carbamates (subject to hydrolysis) is 1. The maximum atomic E-state index is 13.3. The first-order chi connectivity index (χ1) is 15.7. The van der Waals surface area contributed by atoms with Crippen molar-refractivity contribution in [2.45, 2.75) is 53.8 Å². The predicted molar refractivity (Wildman–Crippen MR) is 130 cm³/mol. The summed E-state index contributed by atoms with van der Waals surface area (Å²) >= 11 is 0.920. The maximum Gasteiger partial charge on any atom is 0.408 e. The molecule has 182 valence electrons. The number of thiazole rings is 1. The summed E-state index contributed by atoms with van der Waals surface area (Å²) in [6, 6.07) is 11.1. The molecule has 11 heteroatoms. The SMILES string of the molecule is Cc1ccc(-c2cc(S(=O)(=O)c3cnc(CNC(=O)OC(C)(C)C)s3)ccc2S(C)(=O)=O)cc1. The third-order valence-electron chi connectivity index (χ3n) is 4.60. The molecule has 0 saturated carbocycles. The number of nitrogens with zero attached hydrogens (tertiary/aromatic N) is 1. The Labute approximate surface area is 203 Å². The van der Waals surface area contributed by atoms with Crippen LogP contribution in [0.2, 0.25) is 0 Å². The Morgan fingerprint density at radius 2 is 1.71 bits per heavy atom. The molecule has 2 aromatic carbocycles. The second-order valence-electron chi connectivity index (χ2n) is 8.73. The number of carbonyl (C=O) groups is 1. The van der Waals surface area contributed by atoms with E-state index in [1.165, 1.54) is 24.4 Å². The van der Waals surface area contributed by atoms with E-state index >= 15 is 0 Å². The highest BCUT2D eigenvalue weighted by Gasteiger charge is 2.25. The van der Waals surface area contributed by atoms with E-state index in [4.69, 9.17) is 4.74 Å². The first-order valence-electron chi connectivity index (χ1n) is 10.2. The zero-order chi connectivity index (χ0) is 25.3. The van der Waals surface area contributed by atoms with Gasteiger partial charge in [-0.1, -0.05) is 29.8 Å². The van der Waals surface area contributed by atoms with Crippen LogP contribution in [-0.2, 0) is 31.0 Å². The average Bonchev–Trinajstić information content (AvgIpc) is 3.20. The number of aryl methyl sites for hydroxylation is 1. The lowest BCUT2D eigenvalue weighted by atomic mass is 10.0. The summed E-state index contributed by atoms with van der Waals surface area (Å²) in [5, 5.41) is 2.93. The molecule has 0 radical (unpaired) electrons. The lowest BCUT2D eigenvalue weighted by molar-refractivity contribution is 0.0523. The van der Waals surface area contributed by atoms with E-state index in [-0.39, 0.29) is 20.5 Å². The summed E-state index contributed by atoms with van der Waals surface area (Å²) in [5.74, 6) is 0. The second kappa shape index (κ2) is 9.47. The summed E-state index contributed by atoms with van der Waals surface area (Å²) < 4.78 is 56.4. The van der Waals surface area contributed by atoms with Crippen molar-refractivity contribution in [3.8, 4) is 11.1 Å². The van der Waals surface area contributed by atoms with Gasteiger partial charge in [-0.2, -0.15) is 0 Å². The molecule has 1 aromatic heterocycles. The molecule has 1 amide bonds. The summed E-state index contributed by atoms with van der Waals surface area (Å²) in [6.07, 6.45) is 1.68. The van der Waals surface area contributed by atoms with Gasteiger partial charge in [0.25, 0.3) is 0 Å². The van der Waals surface area contributed by atoms with Gasteiger partial charge in [-0.15, -0.1) is 11.3 Å². The monoisotopic (exact) mass is 522 g/mol. The van der Waals surface area contributed by atoms with Gasteiger partial charge in [0.15, 0.2) is 9.84 Å². The van der Waals surface area contributed by atoms with Crippen LogP contribution in [0.25, 0.3) is 11.1 Å². The number of amides is 1. The molecular formula is C23H26N2O6S3. The topological polar surface area (TPSA) is 120 Å². The van der Waals surface area contributed by atoms with E-state index in [1.807, 2.05) is 19.1 Å². The summed E-state index contributed by atoms with van der Waals surface area (Å²) in [6.45, 7) is 7.12. The Balaban J connectivity index is 1.93. The molecule has 0 spiro atoms. The molecule has 34 heavy (non-hydrogen) atoms. The highest BCUT2D eigenvalue weighted by Crippen LogP contribution is 2.33. The lowest BCUT2D eigenvalue weighted by Gasteiger charge is -2.19. The number of aromatic nitrogens is 1. The van der Waals surface area contributed by atoms with Crippen molar-refractivity contribution < 1.29 is 26.4 Å². The van der Waals surface area contributed by atoms with Crippen LogP contribution in [0.3, 0.4) is 0 Å². The highest BCUT2D eigenvalue weighted by atomic mass is 32.2. The summed E-state index contributed by atoms with van der Waals surface area (Å²) in [4.78, 5) is 15.9. The van der Waals surface area contributed by atoms with E-state index in [0.717, 1.165) is 23.2 Å². The number of hydrogen-bond donors (Lipinski definition) is 1. The quantitative estimate of drug-likeness (QED) is 0.510. The minimum atomic E-state index is -3.97. The molecule has 0 saturated heterocycles. The molecule has 1 heterocycles. The van der Waals surface area contributed by atoms with Gasteiger partial charge in [0.1, 0.15) is 14.8 Å². The number of ether oxygens (including phenoxy) is 1. The molecular weight excluding hydrogens is 496 g/mol. The van der Waals surface area contributed by atoms with Crippen molar-refractivity contribution in [1.82, 2.24) is 10.3 Å². The van der Waals surface area contributed by atoms with Crippen LogP contribution in [-0.4, -0.2) is 39.8 Å². The zero-order valence-corrected chi connectivity index (χ0v) is 21.9. The average molecular weight is 523 g/mol. The third-order valence-corrected chi connectivity index (χ3v) is 8.97. The fraction of sp³-hybridized carbons (Fsp3) is 0.304. The van der Waals surface area contributed by atoms with Crippen molar-refractivity contribution >= 4 is 37.1 Å². The van der Waals surface area contributed by atoms with E-state index in [9.17, 15) is 21.6 Å². The molecule has 0 bridgehead atoms. The molecule has 0 aliphatic rings. The molecule has 0 aliphatic heterocycles. The standard InChI is InChI=1S/C23H26N2O6S3/c1-15-6-8-16(9-7-15)18-12-17(10-11-19(18)33(5,27)28)34(29,30)21-14-24-20(32-21)13-25-22(26)31-23(2,3)4/h6-12,14H,13H2,1-5H3,(H,25,26). The molecule has 3 rings (SSSR count). The molecule has 3 aromatic rings. The van der Waals surface area contributed by atoms with Crippen LogP contribution in [0.4, 0.5) is 4.79 Å². The van der Waals surface area contributed by atoms with E-state index in [0.29, 0.717) is 16.1 Å². The van der Waals surface area contributed by atoms with Gasteiger partial charge >= 0.3 is 6.09 Å². The number of carbonyl (C=O) groups excluding carboxylic acids is 1. The zero-order valence-electron chi connectivity index (χ0n) is 19.4. The van der Waals surface area contributed by atoms with Gasteiger partial charge in [-0.25, -0.2) is 26.6 Å². The van der Waals surface area contributed by atoms with Crippen LogP contribution < -0.4 is 5.32 Å². The highest BCUT2D eigenvalue weighted by molar-refractivity contribution is 7.93. The fourth-order valence-electron chi connectivity index (χ4n) is 3.04. The molecule has 0 unspecified atom stereocenters. The van der Waals surface area contributed by atoms with Crippen LogP contribution >= 0.6 is 11.3 Å². The van der Waals surface area contributed by atoms with Gasteiger partial charge in [0, 0.05) is 11.8 Å². The van der Waals surface area contributed by atoms with E-state index in [2.05, 4.69) is 10.3 Å². The first-order valence-corrected chi connectivity index (χ1v) is 14.4. The fourth-order valence-corrected chi connectivity index (χ4v) is 6.47. The number of nitrogens with one attached hydrogen (secondary N) is 1. The molecule has 8 nitrogen and oxygen atoms in total. The Bertz CT molecular complexity index is 1420. The Kier molecular flexibility index (Phi) is 7.20. The van der Waals surface area contributed by atoms with Crippen molar-refractivity contribution in [3.05, 3.63) is 59.2 Å². The Morgan fingerprint density at radius 1 is 1.06 bits per heavy atom. The normalized spacial score (nSPS) is 12.4. The van der Waals surface area contributed by atoms with Crippen molar-refractivity contribution in [1.29, 1.82) is 0 Å². The van der Waals surface area contributed by atoms with E-state index < -0.39 is 31.4 Å². The van der Waals surface area contributed by atoms with Crippen LogP contribution in [0, 0.1) is 6.92 Å². The van der Waals surface area contributed by atoms with Gasteiger partial charge < -0.3 is 10.1 Å². The van der Waals surface area contributed by atoms with Crippen molar-refractivity contribution in [2.24, 2.45) is 0 Å². The van der Waals surface area contributed by atoms with Gasteiger partial charge in [0.05, 0.1) is 22.5 Å².